The van der Waals surface area contributed by atoms with Gasteiger partial charge in [0, 0.05) is 111 Å². The number of rotatable bonds is 18. The number of hydrogen-bond acceptors (Lipinski definition) is 11. The Bertz CT molecular complexity index is 2320. The molecule has 1 saturated heterocycles. The molecule has 3 aliphatic rings. The summed E-state index contributed by atoms with van der Waals surface area (Å²) in [6, 6.07) is 12.7. The van der Waals surface area contributed by atoms with Gasteiger partial charge in [0.15, 0.2) is 24.8 Å². The minimum Gasteiger partial charge on any atom is -0.744 e. The molecule has 6 rings (SSSR count). The number of anilines is 2. The van der Waals surface area contributed by atoms with Crippen molar-refractivity contribution in [1.29, 1.82) is 0 Å². The average Bonchev–Trinajstić information content (AvgIpc) is 3.53. The number of fused-ring (bicyclic) bond motifs is 1. The number of aliphatic carboxylic acids is 1. The van der Waals surface area contributed by atoms with Crippen LogP contribution in [0.4, 0.5) is 11.4 Å². The molecule has 1 fully saturated rings. The van der Waals surface area contributed by atoms with Gasteiger partial charge in [0.25, 0.3) is 11.8 Å². The molecule has 0 saturated carbocycles. The summed E-state index contributed by atoms with van der Waals surface area (Å²) in [5, 5.41) is 11.3. The first kappa shape index (κ1) is 43.6. The lowest BCUT2D eigenvalue weighted by Crippen LogP contribution is -2.35. The average molecular weight is 838 g/mol. The van der Waals surface area contributed by atoms with Gasteiger partial charge in [-0.25, -0.2) is 17.8 Å². The molecule has 1 aliphatic carbocycles. The highest BCUT2D eigenvalue weighted by Crippen LogP contribution is 2.39. The summed E-state index contributed by atoms with van der Waals surface area (Å²) in [5.74, 6) is -2.69. The van der Waals surface area contributed by atoms with Crippen molar-refractivity contribution in [1.82, 2.24) is 5.06 Å². The fraction of sp³-hybridized carbons (Fsp3) is 0.378. The van der Waals surface area contributed by atoms with Crippen LogP contribution in [-0.4, -0.2) is 62.4 Å². The molecular weight excluding hydrogens is 787 g/mol. The van der Waals surface area contributed by atoms with E-state index in [2.05, 4.69) is 45.6 Å². The molecule has 60 heavy (non-hydrogen) atoms. The van der Waals surface area contributed by atoms with Crippen molar-refractivity contribution in [2.45, 2.75) is 94.9 Å². The first-order valence-corrected chi connectivity index (χ1v) is 21.8. The van der Waals surface area contributed by atoms with Crippen LogP contribution < -0.4 is 24.0 Å². The van der Waals surface area contributed by atoms with Crippen molar-refractivity contribution in [2.24, 2.45) is 0 Å². The maximum absolute atomic E-state index is 12.3. The van der Waals surface area contributed by atoms with E-state index in [1.54, 1.807) is 6.07 Å². The van der Waals surface area contributed by atoms with Crippen molar-refractivity contribution in [2.75, 3.05) is 30.4 Å². The molecule has 3 aromatic rings. The Morgan fingerprint density at radius 3 is 2.23 bits per heavy atom. The van der Waals surface area contributed by atoms with E-state index in [-0.39, 0.29) is 30.6 Å². The fourth-order valence-corrected chi connectivity index (χ4v) is 8.08. The van der Waals surface area contributed by atoms with Crippen LogP contribution in [-0.2, 0) is 40.7 Å². The molecule has 1 aromatic carbocycles. The molecule has 0 bridgehead atoms. The number of carboxylic acids is 1. The van der Waals surface area contributed by atoms with Crippen LogP contribution in [0.5, 0.6) is 0 Å². The number of unbranched alkanes of at least 4 members (excludes halogenated alkanes) is 4. The lowest BCUT2D eigenvalue weighted by atomic mass is 9.87. The molecule has 316 valence electrons. The Balaban J connectivity index is 1.26. The van der Waals surface area contributed by atoms with Crippen LogP contribution in [0.3, 0.4) is 0 Å². The zero-order valence-electron chi connectivity index (χ0n) is 34.1. The Hall–Kier alpha value is -5.93. The van der Waals surface area contributed by atoms with Crippen LogP contribution in [0.1, 0.15) is 94.6 Å². The number of carbonyl (C=O) groups excluding carboxylic acids is 4. The van der Waals surface area contributed by atoms with Gasteiger partial charge in [-0.1, -0.05) is 6.42 Å². The summed E-state index contributed by atoms with van der Waals surface area (Å²) in [6.07, 6.45) is 23.1. The topological polar surface area (TPSA) is 175 Å². The number of aryl methyl sites for hydroxylation is 1. The van der Waals surface area contributed by atoms with Crippen molar-refractivity contribution < 1.29 is 51.2 Å². The van der Waals surface area contributed by atoms with E-state index in [0.29, 0.717) is 42.9 Å². The standard InChI is InChI=1S/C45H51N5O9S/c1-46(2)37-21-28-49(29-22-37)45-35(30-33-18-25-47(26-19-33)23-7-3-5-12-43(53)54)10-9-11-36(45)31-34-20-27-48(40-15-14-38(32-39(34)40)60(56,57)58)24-8-4-6-13-44(55)59-50-41(51)16-17-42(50)52/h14-15,18-22,25-32H,3-13,16-17,23-24H2,1-2H3. The van der Waals surface area contributed by atoms with Crippen molar-refractivity contribution >= 4 is 62.6 Å². The number of nitrogens with zero attached hydrogens (tertiary/aromatic N) is 5. The molecule has 2 aromatic heterocycles. The largest absolute Gasteiger partial charge is 0.744 e. The molecule has 0 radical (unpaired) electrons. The predicted octanol–water partition coefficient (Wildman–Crippen LogP) is 4.61. The van der Waals surface area contributed by atoms with Crippen molar-refractivity contribution in [3.05, 3.63) is 108 Å². The Morgan fingerprint density at radius 1 is 0.850 bits per heavy atom. The molecular formula is C45H51N5O9S. The summed E-state index contributed by atoms with van der Waals surface area (Å²) in [6.45, 7) is 1.33. The van der Waals surface area contributed by atoms with Crippen molar-refractivity contribution in [3.63, 3.8) is 0 Å². The molecule has 0 unspecified atom stereocenters. The van der Waals surface area contributed by atoms with Crippen LogP contribution in [0.2, 0.25) is 0 Å². The van der Waals surface area contributed by atoms with Gasteiger partial charge in [0.2, 0.25) is 5.70 Å². The molecule has 2 aliphatic heterocycles. The molecule has 15 heteroatoms. The number of hydroxylamine groups is 2. The third kappa shape index (κ3) is 11.4. The third-order valence-corrected chi connectivity index (χ3v) is 11.6. The number of hydrogen-bond donors (Lipinski definition) is 0. The molecule has 0 atom stereocenters. The zero-order valence-corrected chi connectivity index (χ0v) is 34.9. The van der Waals surface area contributed by atoms with E-state index in [0.717, 1.165) is 78.0 Å². The number of amides is 2. The van der Waals surface area contributed by atoms with Gasteiger partial charge >= 0.3 is 5.97 Å². The minimum absolute atomic E-state index is 0.0342. The quantitative estimate of drug-likeness (QED) is 0.0758. The fourth-order valence-electron chi connectivity index (χ4n) is 7.58. The zero-order chi connectivity index (χ0) is 42.8. The van der Waals surface area contributed by atoms with Gasteiger partial charge in [-0.05, 0) is 98.9 Å². The van der Waals surface area contributed by atoms with Crippen molar-refractivity contribution in [3.8, 4) is 0 Å². The van der Waals surface area contributed by atoms with E-state index in [1.807, 2.05) is 61.0 Å². The number of imide groups is 1. The summed E-state index contributed by atoms with van der Waals surface area (Å²) < 4.78 is 41.0. The highest BCUT2D eigenvalue weighted by molar-refractivity contribution is 7.85. The second-order valence-electron chi connectivity index (χ2n) is 15.4. The van der Waals surface area contributed by atoms with Crippen LogP contribution in [0, 0.1) is 0 Å². The molecule has 14 nitrogen and oxygen atoms in total. The van der Waals surface area contributed by atoms with Crippen LogP contribution in [0.25, 0.3) is 17.3 Å². The van der Waals surface area contributed by atoms with Gasteiger partial charge < -0.3 is 29.1 Å². The summed E-state index contributed by atoms with van der Waals surface area (Å²) in [4.78, 5) is 55.3. The molecule has 0 spiro atoms. The van der Waals surface area contributed by atoms with Crippen LogP contribution in [0.15, 0.2) is 102 Å². The van der Waals surface area contributed by atoms with Crippen LogP contribution >= 0.6 is 0 Å². The number of aromatic nitrogens is 2. The van der Waals surface area contributed by atoms with Gasteiger partial charge in [0.1, 0.15) is 16.7 Å². The Labute approximate surface area is 351 Å². The number of carboxylic acid groups (broad SMARTS) is 1. The minimum atomic E-state index is -4.74. The maximum atomic E-state index is 12.3. The predicted molar refractivity (Wildman–Crippen MR) is 221 cm³/mol. The van der Waals surface area contributed by atoms with E-state index >= 15 is 0 Å². The highest BCUT2D eigenvalue weighted by Gasteiger charge is 2.33. The maximum Gasteiger partial charge on any atom is 0.333 e. The van der Waals surface area contributed by atoms with Gasteiger partial charge in [-0.2, -0.15) is 4.57 Å². The number of benzene rings is 1. The highest BCUT2D eigenvalue weighted by atomic mass is 32.2. The van der Waals surface area contributed by atoms with E-state index < -0.39 is 33.9 Å². The summed E-state index contributed by atoms with van der Waals surface area (Å²) in [7, 11) is -0.767. The smallest absolute Gasteiger partial charge is 0.333 e. The summed E-state index contributed by atoms with van der Waals surface area (Å²) >= 11 is 0. The number of allylic oxidation sites excluding steroid dienone is 6. The van der Waals surface area contributed by atoms with Gasteiger partial charge in [0.05, 0.1) is 4.90 Å². The first-order chi connectivity index (χ1) is 28.8. The summed E-state index contributed by atoms with van der Waals surface area (Å²) in [5.41, 5.74) is 7.41. The normalized spacial score (nSPS) is 16.9. The Kier molecular flexibility index (Phi) is 14.5. The molecule has 0 N–H and O–H groups in total. The van der Waals surface area contributed by atoms with Gasteiger partial charge in [-0.15, -0.1) is 5.06 Å². The van der Waals surface area contributed by atoms with E-state index in [9.17, 15) is 37.3 Å². The number of carbonyl (C=O) groups is 4. The molecule has 4 heterocycles. The second kappa shape index (κ2) is 19.9. The lowest BCUT2D eigenvalue weighted by molar-refractivity contribution is -0.697. The molecule has 2 amide bonds. The Morgan fingerprint density at radius 2 is 1.55 bits per heavy atom. The second-order valence-corrected chi connectivity index (χ2v) is 16.8. The SMILES string of the molecule is CN(C)c1cc[n+](C2=C(/C=C3\C=CN(CCCCCC(=O)ON4C(=O)CCC4=O)c4ccc(S(=O)(=O)[O-])cc43)CCC/C2=C\c2cc[n+](CCCCCC(=O)[O-])cc2)cc1. The monoisotopic (exact) mass is 837 g/mol. The van der Waals surface area contributed by atoms with E-state index in [1.165, 1.54) is 12.1 Å². The third-order valence-electron chi connectivity index (χ3n) is 10.8. The first-order valence-electron chi connectivity index (χ1n) is 20.4. The van der Waals surface area contributed by atoms with Gasteiger partial charge in [-0.3, -0.25) is 9.59 Å². The number of pyridine rings is 2. The van der Waals surface area contributed by atoms with E-state index in [4.69, 9.17) is 4.84 Å². The lowest BCUT2D eigenvalue weighted by Gasteiger charge is -2.29.